The topological polar surface area (TPSA) is 42.2 Å². The molecule has 1 aromatic heterocycles. The number of carbonyl (C=O) groups is 1. The van der Waals surface area contributed by atoms with Crippen LogP contribution in [-0.4, -0.2) is 5.91 Å². The number of aryl methyl sites for hydroxylation is 1. The maximum absolute atomic E-state index is 13.0. The number of halogens is 4. The van der Waals surface area contributed by atoms with Crippen molar-refractivity contribution in [2.45, 2.75) is 19.5 Å². The lowest BCUT2D eigenvalue weighted by Crippen LogP contribution is -2.14. The van der Waals surface area contributed by atoms with E-state index in [1.807, 2.05) is 6.92 Å². The first-order chi connectivity index (χ1) is 12.8. The van der Waals surface area contributed by atoms with Crippen molar-refractivity contribution in [2.24, 2.45) is 0 Å². The predicted molar refractivity (Wildman–Crippen MR) is 92.9 cm³/mol. The fraction of sp³-hybridized carbons (Fsp3) is 0.150. The van der Waals surface area contributed by atoms with Crippen LogP contribution in [0.15, 0.2) is 59.2 Å². The van der Waals surface area contributed by atoms with E-state index in [0.29, 0.717) is 23.2 Å². The molecular weight excluding hydrogens is 362 g/mol. The first-order valence-electron chi connectivity index (χ1n) is 8.14. The minimum Gasteiger partial charge on any atom is -0.463 e. The number of hydrogen-bond acceptors (Lipinski definition) is 2. The Balaban J connectivity index is 1.95. The van der Waals surface area contributed by atoms with Gasteiger partial charge in [-0.25, -0.2) is 4.39 Å². The second-order valence-corrected chi connectivity index (χ2v) is 5.85. The van der Waals surface area contributed by atoms with Crippen molar-refractivity contribution in [1.82, 2.24) is 0 Å². The normalized spacial score (nSPS) is 11.4. The van der Waals surface area contributed by atoms with Gasteiger partial charge in [0.1, 0.15) is 11.6 Å². The van der Waals surface area contributed by atoms with Gasteiger partial charge in [-0.1, -0.05) is 19.1 Å². The van der Waals surface area contributed by atoms with Crippen LogP contribution in [0.1, 0.15) is 28.4 Å². The number of nitrogens with one attached hydrogen (secondary N) is 1. The van der Waals surface area contributed by atoms with Crippen molar-refractivity contribution < 1.29 is 26.8 Å². The van der Waals surface area contributed by atoms with Gasteiger partial charge < -0.3 is 9.73 Å². The van der Waals surface area contributed by atoms with Crippen molar-refractivity contribution in [2.75, 3.05) is 5.32 Å². The maximum Gasteiger partial charge on any atom is 0.416 e. The highest BCUT2D eigenvalue weighted by Gasteiger charge is 2.30. The van der Waals surface area contributed by atoms with Crippen molar-refractivity contribution in [3.63, 3.8) is 0 Å². The molecule has 0 unspecified atom stereocenters. The van der Waals surface area contributed by atoms with Crippen LogP contribution in [0.4, 0.5) is 23.2 Å². The summed E-state index contributed by atoms with van der Waals surface area (Å²) in [7, 11) is 0. The Hall–Kier alpha value is -3.09. The van der Waals surface area contributed by atoms with Gasteiger partial charge in [-0.05, 0) is 42.8 Å². The number of hydrogen-bond donors (Lipinski definition) is 1. The van der Waals surface area contributed by atoms with Crippen LogP contribution in [0.2, 0.25) is 0 Å². The Labute approximate surface area is 152 Å². The molecule has 140 valence electrons. The number of carbonyl (C=O) groups excluding carboxylic acids is 1. The molecule has 0 aliphatic heterocycles. The van der Waals surface area contributed by atoms with Gasteiger partial charge in [0.05, 0.1) is 17.4 Å². The molecule has 0 saturated heterocycles. The van der Waals surface area contributed by atoms with Gasteiger partial charge in [-0.2, -0.15) is 13.2 Å². The SMILES string of the molecule is CCc1coc(-c2ccc(C(F)(F)F)cc2)c1C(=O)Nc1ccc(F)cc1. The molecule has 0 atom stereocenters. The lowest BCUT2D eigenvalue weighted by molar-refractivity contribution is -0.137. The number of furan rings is 1. The summed E-state index contributed by atoms with van der Waals surface area (Å²) in [5.41, 5.74) is 0.812. The first kappa shape index (κ1) is 18.7. The van der Waals surface area contributed by atoms with E-state index in [1.54, 1.807) is 0 Å². The third-order valence-electron chi connectivity index (χ3n) is 4.05. The first-order valence-corrected chi connectivity index (χ1v) is 8.14. The number of anilines is 1. The lowest BCUT2D eigenvalue weighted by Gasteiger charge is -2.09. The van der Waals surface area contributed by atoms with Crippen molar-refractivity contribution in [3.05, 3.63) is 77.3 Å². The van der Waals surface area contributed by atoms with Gasteiger partial charge in [0.25, 0.3) is 5.91 Å². The largest absolute Gasteiger partial charge is 0.463 e. The Kier molecular flexibility index (Phi) is 5.03. The molecule has 2 aromatic carbocycles. The van der Waals surface area contributed by atoms with E-state index in [1.165, 1.54) is 42.7 Å². The zero-order valence-corrected chi connectivity index (χ0v) is 14.2. The Morgan fingerprint density at radius 2 is 1.67 bits per heavy atom. The fourth-order valence-corrected chi connectivity index (χ4v) is 2.65. The summed E-state index contributed by atoms with van der Waals surface area (Å²) in [6.45, 7) is 1.83. The summed E-state index contributed by atoms with van der Waals surface area (Å²) in [6, 6.07) is 9.64. The molecule has 1 N–H and O–H groups in total. The van der Waals surface area contributed by atoms with Crippen LogP contribution in [0.25, 0.3) is 11.3 Å². The number of benzene rings is 2. The van der Waals surface area contributed by atoms with Crippen LogP contribution < -0.4 is 5.32 Å². The van der Waals surface area contributed by atoms with Crippen LogP contribution in [0.3, 0.4) is 0 Å². The number of amides is 1. The van der Waals surface area contributed by atoms with Gasteiger partial charge in [-0.15, -0.1) is 0 Å². The summed E-state index contributed by atoms with van der Waals surface area (Å²) < 4.78 is 56.7. The second kappa shape index (κ2) is 7.26. The molecule has 0 aliphatic carbocycles. The van der Waals surface area contributed by atoms with Crippen LogP contribution in [-0.2, 0) is 12.6 Å². The molecule has 0 fully saturated rings. The van der Waals surface area contributed by atoms with E-state index < -0.39 is 23.5 Å². The van der Waals surface area contributed by atoms with Crippen molar-refractivity contribution in [1.29, 1.82) is 0 Å². The summed E-state index contributed by atoms with van der Waals surface area (Å²) in [5, 5.41) is 2.65. The predicted octanol–water partition coefficient (Wildman–Crippen LogP) is 5.92. The highest BCUT2D eigenvalue weighted by Crippen LogP contribution is 2.33. The zero-order valence-electron chi connectivity index (χ0n) is 14.2. The van der Waals surface area contributed by atoms with Gasteiger partial charge in [0.15, 0.2) is 0 Å². The van der Waals surface area contributed by atoms with Gasteiger partial charge in [0.2, 0.25) is 0 Å². The van der Waals surface area contributed by atoms with E-state index in [-0.39, 0.29) is 11.3 Å². The Morgan fingerprint density at radius 1 is 1.04 bits per heavy atom. The smallest absolute Gasteiger partial charge is 0.416 e. The van der Waals surface area contributed by atoms with E-state index in [4.69, 9.17) is 4.42 Å². The average molecular weight is 377 g/mol. The van der Waals surface area contributed by atoms with Crippen LogP contribution >= 0.6 is 0 Å². The average Bonchev–Trinajstić information content (AvgIpc) is 3.07. The minimum absolute atomic E-state index is 0.181. The zero-order chi connectivity index (χ0) is 19.6. The summed E-state index contributed by atoms with van der Waals surface area (Å²) in [5.74, 6) is -0.738. The van der Waals surface area contributed by atoms with Crippen LogP contribution in [0.5, 0.6) is 0 Å². The summed E-state index contributed by atoms with van der Waals surface area (Å²) >= 11 is 0. The second-order valence-electron chi connectivity index (χ2n) is 5.85. The lowest BCUT2D eigenvalue weighted by atomic mass is 10.0. The molecule has 0 bridgehead atoms. The summed E-state index contributed by atoms with van der Waals surface area (Å²) in [4.78, 5) is 12.7. The monoisotopic (exact) mass is 377 g/mol. The summed E-state index contributed by atoms with van der Waals surface area (Å²) in [6.07, 6.45) is -2.54. The molecule has 3 rings (SSSR count). The fourth-order valence-electron chi connectivity index (χ4n) is 2.65. The molecular formula is C20H15F4NO2. The standard InChI is InChI=1S/C20H15F4NO2/c1-2-12-11-27-18(13-3-5-14(6-4-13)20(22,23)24)17(12)19(26)25-16-9-7-15(21)8-10-16/h3-11H,2H2,1H3,(H,25,26). The highest BCUT2D eigenvalue weighted by atomic mass is 19.4. The van der Waals surface area contributed by atoms with Gasteiger partial charge in [0, 0.05) is 16.8 Å². The Morgan fingerprint density at radius 3 is 2.22 bits per heavy atom. The van der Waals surface area contributed by atoms with Crippen molar-refractivity contribution in [3.8, 4) is 11.3 Å². The molecule has 0 aliphatic rings. The molecule has 1 amide bonds. The van der Waals surface area contributed by atoms with E-state index in [2.05, 4.69) is 5.32 Å². The van der Waals surface area contributed by atoms with E-state index >= 15 is 0 Å². The minimum atomic E-state index is -4.45. The van der Waals surface area contributed by atoms with Crippen molar-refractivity contribution >= 4 is 11.6 Å². The third-order valence-corrected chi connectivity index (χ3v) is 4.05. The van der Waals surface area contributed by atoms with E-state index in [9.17, 15) is 22.4 Å². The quantitative estimate of drug-likeness (QED) is 0.574. The molecule has 3 nitrogen and oxygen atoms in total. The molecule has 3 aromatic rings. The third kappa shape index (κ3) is 4.02. The molecule has 0 radical (unpaired) electrons. The molecule has 0 spiro atoms. The van der Waals surface area contributed by atoms with Gasteiger partial charge in [-0.3, -0.25) is 4.79 Å². The maximum atomic E-state index is 13.0. The van der Waals surface area contributed by atoms with E-state index in [0.717, 1.165) is 12.1 Å². The molecule has 7 heteroatoms. The molecule has 0 saturated carbocycles. The molecule has 27 heavy (non-hydrogen) atoms. The highest BCUT2D eigenvalue weighted by molar-refractivity contribution is 6.09. The number of rotatable bonds is 4. The Bertz CT molecular complexity index is 942. The number of alkyl halides is 3. The van der Waals surface area contributed by atoms with Crippen LogP contribution in [0, 0.1) is 5.82 Å². The molecule has 1 heterocycles. The van der Waals surface area contributed by atoms with Gasteiger partial charge >= 0.3 is 6.18 Å².